The van der Waals surface area contributed by atoms with E-state index < -0.39 is 0 Å². The molecule has 3 aliphatic rings. The fraction of sp³-hybridized carbons (Fsp3) is 0.321. The molecule has 5 heterocycles. The van der Waals surface area contributed by atoms with E-state index in [2.05, 4.69) is 25.2 Å². The third-order valence-corrected chi connectivity index (χ3v) is 9.78. The molecule has 1 aliphatic carbocycles. The fourth-order valence-corrected chi connectivity index (χ4v) is 7.89. The average Bonchev–Trinajstić information content (AvgIpc) is 3.52. The standard InChI is InChI=1S/C28H26N6O2S2/c35-24-14-17-4-6-19(15-21(17)37-24)32-26-25-20-7-5-18(13-22(20)38-27(25)31-16-30-26)28(36)34-11-9-33(10-12-34)23-3-1-2-8-29-23/h1-4,6,8,15-16,18H,5,7,9-14H2,(H,30,31,32). The summed E-state index contributed by atoms with van der Waals surface area (Å²) in [6.45, 7) is 3.08. The minimum absolute atomic E-state index is 0.00704. The summed E-state index contributed by atoms with van der Waals surface area (Å²) in [6.07, 6.45) is 6.35. The van der Waals surface area contributed by atoms with Gasteiger partial charge in [-0.3, -0.25) is 9.59 Å². The quantitative estimate of drug-likeness (QED) is 0.404. The summed E-state index contributed by atoms with van der Waals surface area (Å²) >= 11 is 2.99. The van der Waals surface area contributed by atoms with E-state index in [1.54, 1.807) is 17.7 Å². The van der Waals surface area contributed by atoms with Gasteiger partial charge in [0.2, 0.25) is 5.91 Å². The Labute approximate surface area is 228 Å². The van der Waals surface area contributed by atoms with E-state index in [4.69, 9.17) is 0 Å². The number of hydrogen-bond acceptors (Lipinski definition) is 9. The Balaban J connectivity index is 1.07. The molecule has 1 aromatic carbocycles. The van der Waals surface area contributed by atoms with Crippen molar-refractivity contribution in [3.8, 4) is 0 Å². The highest BCUT2D eigenvalue weighted by molar-refractivity contribution is 8.14. The molecule has 1 unspecified atom stereocenters. The normalized spacial score (nSPS) is 18.9. The van der Waals surface area contributed by atoms with Gasteiger partial charge >= 0.3 is 0 Å². The van der Waals surface area contributed by atoms with Crippen LogP contribution in [0.4, 0.5) is 17.3 Å². The molecule has 7 rings (SSSR count). The number of nitrogens with one attached hydrogen (secondary N) is 1. The fourth-order valence-electron chi connectivity index (χ4n) is 5.70. The molecule has 4 aromatic rings. The monoisotopic (exact) mass is 542 g/mol. The van der Waals surface area contributed by atoms with Crippen LogP contribution < -0.4 is 10.2 Å². The summed E-state index contributed by atoms with van der Waals surface area (Å²) in [6, 6.07) is 12.0. The van der Waals surface area contributed by atoms with Crippen molar-refractivity contribution in [2.75, 3.05) is 36.4 Å². The Bertz CT molecular complexity index is 1550. The SMILES string of the molecule is O=C1Cc2ccc(Nc3ncnc4sc5c(c34)CCC(C(=O)N3CCN(c4ccccn4)CC3)C5)cc2S1. The van der Waals surface area contributed by atoms with Gasteiger partial charge in [-0.05, 0) is 54.7 Å². The van der Waals surface area contributed by atoms with Crippen LogP contribution in [0.1, 0.15) is 22.4 Å². The Morgan fingerprint density at radius 2 is 1.95 bits per heavy atom. The Hall–Kier alpha value is -3.50. The van der Waals surface area contributed by atoms with Gasteiger partial charge in [-0.2, -0.15) is 0 Å². The van der Waals surface area contributed by atoms with Gasteiger partial charge in [-0.25, -0.2) is 15.0 Å². The zero-order chi connectivity index (χ0) is 25.6. The van der Waals surface area contributed by atoms with E-state index in [1.165, 1.54) is 22.2 Å². The van der Waals surface area contributed by atoms with Gasteiger partial charge in [0.05, 0.1) is 5.39 Å². The third-order valence-electron chi connectivity index (χ3n) is 7.65. The smallest absolute Gasteiger partial charge is 0.226 e. The van der Waals surface area contributed by atoms with Gasteiger partial charge < -0.3 is 15.1 Å². The van der Waals surface area contributed by atoms with Crippen LogP contribution in [0.2, 0.25) is 0 Å². The van der Waals surface area contributed by atoms with Crippen LogP contribution in [0.15, 0.2) is 53.8 Å². The summed E-state index contributed by atoms with van der Waals surface area (Å²) < 4.78 is 0. The number of carbonyl (C=O) groups excluding carboxylic acids is 2. The highest BCUT2D eigenvalue weighted by atomic mass is 32.2. The highest BCUT2D eigenvalue weighted by Gasteiger charge is 2.33. The molecule has 10 heteroatoms. The van der Waals surface area contributed by atoms with Crippen molar-refractivity contribution in [1.82, 2.24) is 19.9 Å². The molecular weight excluding hydrogens is 516 g/mol. The summed E-state index contributed by atoms with van der Waals surface area (Å²) in [5, 5.41) is 4.73. The van der Waals surface area contributed by atoms with Crippen molar-refractivity contribution >= 4 is 61.7 Å². The van der Waals surface area contributed by atoms with Crippen molar-refractivity contribution in [3.63, 3.8) is 0 Å². The number of rotatable bonds is 4. The van der Waals surface area contributed by atoms with Gasteiger partial charge in [0, 0.05) is 60.2 Å². The van der Waals surface area contributed by atoms with Crippen molar-refractivity contribution < 1.29 is 9.59 Å². The maximum atomic E-state index is 13.5. The van der Waals surface area contributed by atoms with Gasteiger partial charge in [-0.1, -0.05) is 23.9 Å². The number of amides is 1. The molecule has 0 saturated carbocycles. The van der Waals surface area contributed by atoms with E-state index in [0.29, 0.717) is 6.42 Å². The number of benzene rings is 1. The second-order valence-electron chi connectivity index (χ2n) is 9.94. The minimum atomic E-state index is 0.00704. The zero-order valence-electron chi connectivity index (χ0n) is 20.7. The molecule has 1 amide bonds. The van der Waals surface area contributed by atoms with Crippen molar-refractivity contribution in [2.24, 2.45) is 5.92 Å². The van der Waals surface area contributed by atoms with Gasteiger partial charge in [0.25, 0.3) is 0 Å². The lowest BCUT2D eigenvalue weighted by Gasteiger charge is -2.37. The lowest BCUT2D eigenvalue weighted by molar-refractivity contribution is -0.136. The first-order valence-corrected chi connectivity index (χ1v) is 14.6. The van der Waals surface area contributed by atoms with Crippen molar-refractivity contribution in [1.29, 1.82) is 0 Å². The van der Waals surface area contributed by atoms with E-state index >= 15 is 0 Å². The maximum absolute atomic E-state index is 13.5. The predicted octanol–water partition coefficient (Wildman–Crippen LogP) is 4.46. The number of hydrogen-bond donors (Lipinski definition) is 1. The lowest BCUT2D eigenvalue weighted by Crippen LogP contribution is -2.51. The summed E-state index contributed by atoms with van der Waals surface area (Å²) in [7, 11) is 0. The molecular formula is C28H26N6O2S2. The average molecular weight is 543 g/mol. The maximum Gasteiger partial charge on any atom is 0.226 e. The minimum Gasteiger partial charge on any atom is -0.353 e. The van der Waals surface area contributed by atoms with Gasteiger partial charge in [0.15, 0.2) is 5.12 Å². The van der Waals surface area contributed by atoms with Gasteiger partial charge in [0.1, 0.15) is 22.8 Å². The number of fused-ring (bicyclic) bond motifs is 4. The number of pyridine rings is 1. The van der Waals surface area contributed by atoms with Crippen LogP contribution in [-0.2, 0) is 28.9 Å². The Kier molecular flexibility index (Phi) is 6.01. The number of aromatic nitrogens is 3. The van der Waals surface area contributed by atoms with Crippen LogP contribution in [-0.4, -0.2) is 57.1 Å². The molecule has 3 aromatic heterocycles. The lowest BCUT2D eigenvalue weighted by atomic mass is 9.86. The zero-order valence-corrected chi connectivity index (χ0v) is 22.4. The molecule has 192 valence electrons. The summed E-state index contributed by atoms with van der Waals surface area (Å²) in [5.74, 6) is 2.04. The third kappa shape index (κ3) is 4.31. The molecule has 2 aliphatic heterocycles. The van der Waals surface area contributed by atoms with E-state index in [0.717, 1.165) is 83.4 Å². The number of nitrogens with zero attached hydrogens (tertiary/aromatic N) is 5. The number of aryl methyl sites for hydroxylation is 1. The molecule has 0 spiro atoms. The molecule has 0 radical (unpaired) electrons. The molecule has 38 heavy (non-hydrogen) atoms. The number of thiophene rings is 1. The van der Waals surface area contributed by atoms with Crippen LogP contribution in [0, 0.1) is 5.92 Å². The number of anilines is 3. The van der Waals surface area contributed by atoms with Crippen LogP contribution in [0.25, 0.3) is 10.2 Å². The molecule has 0 bridgehead atoms. The second kappa shape index (κ2) is 9.67. The first-order valence-electron chi connectivity index (χ1n) is 12.9. The summed E-state index contributed by atoms with van der Waals surface area (Å²) in [4.78, 5) is 46.4. The van der Waals surface area contributed by atoms with Crippen LogP contribution in [0.5, 0.6) is 0 Å². The Morgan fingerprint density at radius 3 is 2.79 bits per heavy atom. The first kappa shape index (κ1) is 23.6. The summed E-state index contributed by atoms with van der Waals surface area (Å²) in [5.41, 5.74) is 3.27. The van der Waals surface area contributed by atoms with Crippen LogP contribution in [0.3, 0.4) is 0 Å². The Morgan fingerprint density at radius 1 is 1.05 bits per heavy atom. The van der Waals surface area contributed by atoms with E-state index in [1.807, 2.05) is 47.5 Å². The van der Waals surface area contributed by atoms with Crippen molar-refractivity contribution in [2.45, 2.75) is 30.6 Å². The van der Waals surface area contributed by atoms with Gasteiger partial charge in [-0.15, -0.1) is 11.3 Å². The number of carbonyl (C=O) groups is 2. The second-order valence-corrected chi connectivity index (χ2v) is 12.1. The van der Waals surface area contributed by atoms with E-state index in [-0.39, 0.29) is 16.9 Å². The highest BCUT2D eigenvalue weighted by Crippen LogP contribution is 2.41. The number of piperazine rings is 1. The van der Waals surface area contributed by atoms with E-state index in [9.17, 15) is 9.59 Å². The molecule has 1 N–H and O–H groups in total. The first-order chi connectivity index (χ1) is 18.6. The molecule has 1 saturated heterocycles. The largest absolute Gasteiger partial charge is 0.353 e. The molecule has 1 atom stereocenters. The topological polar surface area (TPSA) is 91.3 Å². The molecule has 8 nitrogen and oxygen atoms in total. The molecule has 1 fully saturated rings. The van der Waals surface area contributed by atoms with Crippen LogP contribution >= 0.6 is 23.1 Å². The number of thioether (sulfide) groups is 1. The van der Waals surface area contributed by atoms with Crippen molar-refractivity contribution in [3.05, 3.63) is 64.9 Å². The predicted molar refractivity (Wildman–Crippen MR) is 150 cm³/mol.